The van der Waals surface area contributed by atoms with Crippen molar-refractivity contribution in [1.82, 2.24) is 9.97 Å². The van der Waals surface area contributed by atoms with Crippen LogP contribution in [0.3, 0.4) is 0 Å². The predicted molar refractivity (Wildman–Crippen MR) is 68.4 cm³/mol. The zero-order valence-corrected chi connectivity index (χ0v) is 11.1. The molecular weight excluding hydrogens is 272 g/mol. The fourth-order valence-electron chi connectivity index (χ4n) is 1.21. The monoisotopic (exact) mass is 282 g/mol. The maximum absolute atomic E-state index is 10.5. The minimum Gasteiger partial charge on any atom is -0.495 e. The summed E-state index contributed by atoms with van der Waals surface area (Å²) in [4.78, 5) is 19.0. The lowest BCUT2D eigenvalue weighted by Gasteiger charge is -1.99. The first-order chi connectivity index (χ1) is 8.67. The molecule has 2 rings (SSSR count). The third-order valence-electron chi connectivity index (χ3n) is 2.00. The molecular formula is C11H10N2O3S2. The second kappa shape index (κ2) is 5.83. The molecule has 2 aromatic heterocycles. The zero-order valence-electron chi connectivity index (χ0n) is 9.49. The standard InChI is InChI=1S/C11H10N2O3S2/c1-16-8-2-3-9(12-5-8)18-11-13-7(6-17-11)4-10(14)15/h2-3,5-6H,4H2,1H3,(H,14,15). The van der Waals surface area contributed by atoms with Gasteiger partial charge in [0.25, 0.3) is 0 Å². The summed E-state index contributed by atoms with van der Waals surface area (Å²) in [5, 5.41) is 11.2. The van der Waals surface area contributed by atoms with Crippen LogP contribution in [0, 0.1) is 0 Å². The number of carboxylic acids is 1. The van der Waals surface area contributed by atoms with E-state index in [0.717, 1.165) is 9.37 Å². The number of thiazole rings is 1. The van der Waals surface area contributed by atoms with Crippen molar-refractivity contribution in [2.45, 2.75) is 15.8 Å². The minimum atomic E-state index is -0.876. The van der Waals surface area contributed by atoms with E-state index in [1.54, 1.807) is 18.7 Å². The van der Waals surface area contributed by atoms with Crippen molar-refractivity contribution in [3.05, 3.63) is 29.4 Å². The van der Waals surface area contributed by atoms with Crippen LogP contribution in [0.15, 0.2) is 33.1 Å². The Hall–Kier alpha value is -1.60. The number of aliphatic carboxylic acids is 1. The van der Waals surface area contributed by atoms with E-state index in [1.165, 1.54) is 23.1 Å². The Bertz CT molecular complexity index is 539. The summed E-state index contributed by atoms with van der Waals surface area (Å²) in [5.41, 5.74) is 0.573. The van der Waals surface area contributed by atoms with Crippen LogP contribution < -0.4 is 4.74 Å². The molecule has 5 nitrogen and oxygen atoms in total. The van der Waals surface area contributed by atoms with E-state index < -0.39 is 5.97 Å². The second-order valence-electron chi connectivity index (χ2n) is 3.31. The highest BCUT2D eigenvalue weighted by molar-refractivity contribution is 8.01. The van der Waals surface area contributed by atoms with Crippen molar-refractivity contribution in [3.8, 4) is 5.75 Å². The van der Waals surface area contributed by atoms with Crippen LogP contribution >= 0.6 is 23.1 Å². The average molecular weight is 282 g/mol. The molecule has 0 aliphatic carbocycles. The third kappa shape index (κ3) is 3.44. The van der Waals surface area contributed by atoms with Crippen LogP contribution in [0.2, 0.25) is 0 Å². The highest BCUT2D eigenvalue weighted by Crippen LogP contribution is 2.29. The van der Waals surface area contributed by atoms with Gasteiger partial charge in [0, 0.05) is 5.38 Å². The number of carboxylic acid groups (broad SMARTS) is 1. The Morgan fingerprint density at radius 2 is 2.39 bits per heavy atom. The number of carbonyl (C=O) groups is 1. The van der Waals surface area contributed by atoms with Crippen molar-refractivity contribution >= 4 is 29.1 Å². The lowest BCUT2D eigenvalue weighted by Crippen LogP contribution is -1.99. The Morgan fingerprint density at radius 3 is 3.00 bits per heavy atom. The lowest BCUT2D eigenvalue weighted by molar-refractivity contribution is -0.136. The van der Waals surface area contributed by atoms with Gasteiger partial charge in [-0.25, -0.2) is 9.97 Å². The molecule has 0 aliphatic heterocycles. The van der Waals surface area contributed by atoms with Gasteiger partial charge in [-0.1, -0.05) is 0 Å². The number of aromatic nitrogens is 2. The second-order valence-corrected chi connectivity index (χ2v) is 5.44. The smallest absolute Gasteiger partial charge is 0.309 e. The van der Waals surface area contributed by atoms with Crippen LogP contribution in [0.5, 0.6) is 5.75 Å². The third-order valence-corrected chi connectivity index (χ3v) is 3.94. The first-order valence-corrected chi connectivity index (χ1v) is 6.71. The van der Waals surface area contributed by atoms with Gasteiger partial charge >= 0.3 is 5.97 Å². The minimum absolute atomic E-state index is 0.0485. The van der Waals surface area contributed by atoms with Crippen LogP contribution in [0.1, 0.15) is 5.69 Å². The van der Waals surface area contributed by atoms with Gasteiger partial charge in [-0.3, -0.25) is 4.79 Å². The van der Waals surface area contributed by atoms with Gasteiger partial charge in [0.05, 0.1) is 25.4 Å². The van der Waals surface area contributed by atoms with E-state index in [1.807, 2.05) is 12.1 Å². The van der Waals surface area contributed by atoms with Crippen molar-refractivity contribution in [2.24, 2.45) is 0 Å². The summed E-state index contributed by atoms with van der Waals surface area (Å²) < 4.78 is 5.80. The van der Waals surface area contributed by atoms with Crippen LogP contribution in [0.4, 0.5) is 0 Å². The first-order valence-electron chi connectivity index (χ1n) is 5.01. The number of rotatable bonds is 5. The molecule has 0 saturated carbocycles. The van der Waals surface area contributed by atoms with E-state index in [0.29, 0.717) is 11.4 Å². The van der Waals surface area contributed by atoms with E-state index in [9.17, 15) is 4.79 Å². The average Bonchev–Trinajstić information content (AvgIpc) is 2.76. The van der Waals surface area contributed by atoms with Crippen molar-refractivity contribution in [2.75, 3.05) is 7.11 Å². The van der Waals surface area contributed by atoms with Gasteiger partial charge in [0.1, 0.15) is 10.8 Å². The molecule has 0 amide bonds. The normalized spacial score (nSPS) is 10.3. The molecule has 0 aliphatic rings. The lowest BCUT2D eigenvalue weighted by atomic mass is 10.3. The zero-order chi connectivity index (χ0) is 13.0. The van der Waals surface area contributed by atoms with Crippen molar-refractivity contribution in [3.63, 3.8) is 0 Å². The van der Waals surface area contributed by atoms with Gasteiger partial charge in [-0.05, 0) is 23.9 Å². The first kappa shape index (κ1) is 12.8. The SMILES string of the molecule is COc1ccc(Sc2nc(CC(=O)O)cs2)nc1. The highest BCUT2D eigenvalue weighted by Gasteiger charge is 2.08. The van der Waals surface area contributed by atoms with Crippen LogP contribution in [-0.2, 0) is 11.2 Å². The number of ether oxygens (including phenoxy) is 1. The molecule has 1 N–H and O–H groups in total. The van der Waals surface area contributed by atoms with E-state index in [4.69, 9.17) is 9.84 Å². The molecule has 2 aromatic rings. The number of pyridine rings is 1. The topological polar surface area (TPSA) is 72.3 Å². The predicted octanol–water partition coefficient (Wildman–Crippen LogP) is 2.32. The molecule has 0 bridgehead atoms. The van der Waals surface area contributed by atoms with Gasteiger partial charge in [0.2, 0.25) is 0 Å². The fraction of sp³-hybridized carbons (Fsp3) is 0.182. The Balaban J connectivity index is 2.03. The molecule has 0 unspecified atom stereocenters. The summed E-state index contributed by atoms with van der Waals surface area (Å²) in [6.45, 7) is 0. The molecule has 7 heteroatoms. The van der Waals surface area contributed by atoms with Crippen LogP contribution in [-0.4, -0.2) is 28.2 Å². The molecule has 2 heterocycles. The summed E-state index contributed by atoms with van der Waals surface area (Å²) in [5.74, 6) is -0.176. The molecule has 0 spiro atoms. The Labute approximate surface area is 112 Å². The molecule has 0 atom stereocenters. The van der Waals surface area contributed by atoms with Crippen molar-refractivity contribution in [1.29, 1.82) is 0 Å². The maximum Gasteiger partial charge on any atom is 0.309 e. The molecule has 94 valence electrons. The fourth-order valence-corrected chi connectivity index (χ4v) is 2.93. The number of methoxy groups -OCH3 is 1. The number of hydrogen-bond acceptors (Lipinski definition) is 6. The Morgan fingerprint density at radius 1 is 1.56 bits per heavy atom. The quantitative estimate of drug-likeness (QED) is 0.907. The molecule has 0 saturated heterocycles. The largest absolute Gasteiger partial charge is 0.495 e. The van der Waals surface area contributed by atoms with Gasteiger partial charge in [0.15, 0.2) is 4.34 Å². The van der Waals surface area contributed by atoms with E-state index in [-0.39, 0.29) is 6.42 Å². The molecule has 0 aromatic carbocycles. The van der Waals surface area contributed by atoms with Crippen LogP contribution in [0.25, 0.3) is 0 Å². The van der Waals surface area contributed by atoms with Gasteiger partial charge in [-0.15, -0.1) is 11.3 Å². The number of hydrogen-bond donors (Lipinski definition) is 1. The van der Waals surface area contributed by atoms with Gasteiger partial charge in [-0.2, -0.15) is 0 Å². The molecule has 18 heavy (non-hydrogen) atoms. The summed E-state index contributed by atoms with van der Waals surface area (Å²) in [7, 11) is 1.59. The highest BCUT2D eigenvalue weighted by atomic mass is 32.2. The summed E-state index contributed by atoms with van der Waals surface area (Å²) in [6, 6.07) is 3.66. The van der Waals surface area contributed by atoms with Crippen molar-refractivity contribution < 1.29 is 14.6 Å². The summed E-state index contributed by atoms with van der Waals surface area (Å²) >= 11 is 2.82. The number of nitrogens with zero attached hydrogens (tertiary/aromatic N) is 2. The molecule has 0 fully saturated rings. The van der Waals surface area contributed by atoms with Gasteiger partial charge < -0.3 is 9.84 Å². The molecule has 0 radical (unpaired) electrons. The maximum atomic E-state index is 10.5. The summed E-state index contributed by atoms with van der Waals surface area (Å²) in [6.07, 6.45) is 1.58. The van der Waals surface area contributed by atoms with E-state index >= 15 is 0 Å². The Kier molecular flexibility index (Phi) is 4.16. The van der Waals surface area contributed by atoms with E-state index in [2.05, 4.69) is 9.97 Å².